The molecule has 1 aromatic rings. The molecule has 0 radical (unpaired) electrons. The van der Waals surface area contributed by atoms with Gasteiger partial charge in [0.2, 0.25) is 0 Å². The van der Waals surface area contributed by atoms with Crippen LogP contribution in [0, 0.1) is 11.3 Å². The van der Waals surface area contributed by atoms with Crippen LogP contribution in [-0.4, -0.2) is 6.26 Å². The number of halogens is 5. The van der Waals surface area contributed by atoms with Gasteiger partial charge in [-0.05, 0) is 18.4 Å². The van der Waals surface area contributed by atoms with Crippen LogP contribution in [0.25, 0.3) is 0 Å². The summed E-state index contributed by atoms with van der Waals surface area (Å²) in [6.45, 7) is 0. The normalized spacial score (nSPS) is 21.4. The zero-order valence-corrected chi connectivity index (χ0v) is 13.2. The summed E-state index contributed by atoms with van der Waals surface area (Å²) in [7, 11) is 0. The average Bonchev–Trinajstić information content (AvgIpc) is 2.73. The largest absolute Gasteiger partial charge is 0.416 e. The summed E-state index contributed by atoms with van der Waals surface area (Å²) < 4.78 is 38.3. The van der Waals surface area contributed by atoms with Crippen molar-refractivity contribution in [2.45, 2.75) is 11.8 Å². The standard InChI is InChI=1S/C12H7Cl2F3N4S/c1-22-10-8(4-18)20-21-11(10,19)9-6(13)2-5(3-7(9)14)12(15,16)17/h2-3H,19H2,1H3. The molecule has 0 bridgehead atoms. The molecule has 1 aliphatic rings. The smallest absolute Gasteiger partial charge is 0.297 e. The third-order valence-corrected chi connectivity index (χ3v) is 4.44. The lowest BCUT2D eigenvalue weighted by molar-refractivity contribution is -0.137. The van der Waals surface area contributed by atoms with Gasteiger partial charge in [0.1, 0.15) is 6.07 Å². The number of thioether (sulfide) groups is 1. The van der Waals surface area contributed by atoms with Crippen molar-refractivity contribution in [2.24, 2.45) is 16.0 Å². The monoisotopic (exact) mass is 366 g/mol. The quantitative estimate of drug-likeness (QED) is 0.824. The zero-order valence-electron chi connectivity index (χ0n) is 10.9. The van der Waals surface area contributed by atoms with Crippen LogP contribution < -0.4 is 5.73 Å². The molecule has 0 aromatic heterocycles. The van der Waals surface area contributed by atoms with E-state index >= 15 is 0 Å². The summed E-state index contributed by atoms with van der Waals surface area (Å²) in [5.41, 5.74) is 3.39. The molecule has 1 aromatic carbocycles. The van der Waals surface area contributed by atoms with Crippen LogP contribution in [-0.2, 0) is 11.8 Å². The molecule has 1 aliphatic heterocycles. The lowest BCUT2D eigenvalue weighted by Crippen LogP contribution is -2.35. The number of nitrogens with zero attached hydrogens (tertiary/aromatic N) is 3. The predicted octanol–water partition coefficient (Wildman–Crippen LogP) is 4.69. The maximum absolute atomic E-state index is 12.8. The Hall–Kier alpha value is -1.27. The third kappa shape index (κ3) is 2.70. The molecule has 0 saturated carbocycles. The third-order valence-electron chi connectivity index (χ3n) is 2.93. The molecule has 0 aliphatic carbocycles. The first-order valence-corrected chi connectivity index (χ1v) is 7.60. The fourth-order valence-corrected chi connectivity index (χ4v) is 3.50. The van der Waals surface area contributed by atoms with E-state index < -0.39 is 17.4 Å². The number of nitriles is 1. The highest BCUT2D eigenvalue weighted by molar-refractivity contribution is 8.02. The maximum Gasteiger partial charge on any atom is 0.416 e. The minimum absolute atomic E-state index is 0.0258. The molecule has 1 unspecified atom stereocenters. The number of hydrogen-bond donors (Lipinski definition) is 1. The maximum atomic E-state index is 12.8. The summed E-state index contributed by atoms with van der Waals surface area (Å²) in [5, 5.41) is 15.8. The van der Waals surface area contributed by atoms with Crippen molar-refractivity contribution in [1.82, 2.24) is 0 Å². The highest BCUT2D eigenvalue weighted by Crippen LogP contribution is 2.48. The van der Waals surface area contributed by atoms with Crippen LogP contribution in [0.15, 0.2) is 33.0 Å². The van der Waals surface area contributed by atoms with Crippen LogP contribution in [0.4, 0.5) is 13.2 Å². The Morgan fingerprint density at radius 1 is 1.32 bits per heavy atom. The van der Waals surface area contributed by atoms with E-state index in [9.17, 15) is 13.2 Å². The molecular weight excluding hydrogens is 360 g/mol. The van der Waals surface area contributed by atoms with E-state index in [4.69, 9.17) is 34.2 Å². The van der Waals surface area contributed by atoms with E-state index in [2.05, 4.69) is 10.2 Å². The molecule has 1 atom stereocenters. The highest BCUT2D eigenvalue weighted by Gasteiger charge is 2.43. The molecular formula is C12H7Cl2F3N4S. The minimum Gasteiger partial charge on any atom is -0.297 e. The van der Waals surface area contributed by atoms with Crippen LogP contribution >= 0.6 is 35.0 Å². The molecule has 10 heteroatoms. The van der Waals surface area contributed by atoms with Gasteiger partial charge in [-0.25, -0.2) is 0 Å². The van der Waals surface area contributed by atoms with Gasteiger partial charge in [0, 0.05) is 5.56 Å². The van der Waals surface area contributed by atoms with E-state index in [1.807, 2.05) is 6.07 Å². The van der Waals surface area contributed by atoms with E-state index in [1.54, 1.807) is 6.26 Å². The van der Waals surface area contributed by atoms with E-state index in [0.29, 0.717) is 0 Å². The van der Waals surface area contributed by atoms with Crippen molar-refractivity contribution in [3.8, 4) is 6.07 Å². The SMILES string of the molecule is CSC1=C(C#N)N=NC1(N)c1c(Cl)cc(C(F)(F)F)cc1Cl. The Morgan fingerprint density at radius 2 is 1.86 bits per heavy atom. The van der Waals surface area contributed by atoms with Gasteiger partial charge >= 0.3 is 6.18 Å². The van der Waals surface area contributed by atoms with Crippen molar-refractivity contribution in [3.63, 3.8) is 0 Å². The average molecular weight is 367 g/mol. The van der Waals surface area contributed by atoms with E-state index in [1.165, 1.54) is 0 Å². The van der Waals surface area contributed by atoms with Gasteiger partial charge in [-0.2, -0.15) is 23.5 Å². The Kier molecular flexibility index (Phi) is 4.46. The van der Waals surface area contributed by atoms with Crippen LogP contribution in [0.2, 0.25) is 10.0 Å². The fourth-order valence-electron chi connectivity index (χ4n) is 1.99. The van der Waals surface area contributed by atoms with Gasteiger partial charge in [-0.1, -0.05) is 23.2 Å². The Balaban J connectivity index is 2.67. The molecule has 2 N–H and O–H groups in total. The predicted molar refractivity (Wildman–Crippen MR) is 78.3 cm³/mol. The Morgan fingerprint density at radius 3 is 2.27 bits per heavy atom. The summed E-state index contributed by atoms with van der Waals surface area (Å²) in [5.74, 6) is 0. The first-order chi connectivity index (χ1) is 10.1. The second-order valence-electron chi connectivity index (χ2n) is 4.27. The number of benzene rings is 1. The molecule has 0 amide bonds. The Bertz CT molecular complexity index is 716. The second-order valence-corrected chi connectivity index (χ2v) is 5.90. The second kappa shape index (κ2) is 5.74. The zero-order chi connectivity index (χ0) is 16.7. The summed E-state index contributed by atoms with van der Waals surface area (Å²) in [6.07, 6.45) is -2.96. The van der Waals surface area contributed by atoms with Gasteiger partial charge in [0.15, 0.2) is 11.4 Å². The fraction of sp³-hybridized carbons (Fsp3) is 0.250. The van der Waals surface area contributed by atoms with Crippen LogP contribution in [0.5, 0.6) is 0 Å². The molecule has 0 saturated heterocycles. The van der Waals surface area contributed by atoms with Gasteiger partial charge in [-0.15, -0.1) is 16.9 Å². The Labute approximate surface area is 137 Å². The van der Waals surface area contributed by atoms with Gasteiger partial charge in [-0.3, -0.25) is 5.73 Å². The van der Waals surface area contributed by atoms with Crippen LogP contribution in [0.3, 0.4) is 0 Å². The summed E-state index contributed by atoms with van der Waals surface area (Å²) >= 11 is 13.0. The van der Waals surface area contributed by atoms with Crippen molar-refractivity contribution in [1.29, 1.82) is 5.26 Å². The number of azo groups is 1. The van der Waals surface area contributed by atoms with Gasteiger partial charge in [0.05, 0.1) is 20.5 Å². The molecule has 22 heavy (non-hydrogen) atoms. The highest BCUT2D eigenvalue weighted by atomic mass is 35.5. The molecule has 0 fully saturated rings. The number of hydrogen-bond acceptors (Lipinski definition) is 5. The molecule has 0 spiro atoms. The number of allylic oxidation sites excluding steroid dienone is 1. The molecule has 1 heterocycles. The number of alkyl halides is 3. The molecule has 4 nitrogen and oxygen atoms in total. The van der Waals surface area contributed by atoms with Crippen molar-refractivity contribution >= 4 is 35.0 Å². The number of nitrogens with two attached hydrogens (primary N) is 1. The summed E-state index contributed by atoms with van der Waals surface area (Å²) in [4.78, 5) is 0.263. The van der Waals surface area contributed by atoms with Crippen molar-refractivity contribution < 1.29 is 13.2 Å². The first kappa shape index (κ1) is 17.1. The van der Waals surface area contributed by atoms with Gasteiger partial charge in [0.25, 0.3) is 0 Å². The summed E-state index contributed by atoms with van der Waals surface area (Å²) in [6, 6.07) is 3.25. The van der Waals surface area contributed by atoms with Crippen LogP contribution in [0.1, 0.15) is 11.1 Å². The topological polar surface area (TPSA) is 74.5 Å². The number of rotatable bonds is 2. The minimum atomic E-state index is -4.60. The molecule has 116 valence electrons. The van der Waals surface area contributed by atoms with Crippen molar-refractivity contribution in [3.05, 3.63) is 43.9 Å². The van der Waals surface area contributed by atoms with E-state index in [-0.39, 0.29) is 26.2 Å². The van der Waals surface area contributed by atoms with Gasteiger partial charge < -0.3 is 0 Å². The lowest BCUT2D eigenvalue weighted by Gasteiger charge is -2.25. The first-order valence-electron chi connectivity index (χ1n) is 5.62. The van der Waals surface area contributed by atoms with Crippen molar-refractivity contribution in [2.75, 3.05) is 6.26 Å². The van der Waals surface area contributed by atoms with E-state index in [0.717, 1.165) is 23.9 Å². The molecule has 2 rings (SSSR count). The lowest BCUT2D eigenvalue weighted by atomic mass is 9.98.